The standard InChI is InChI=1S/C13H22F3N/c1-3-5-12(6-4-7-13(14,15)16)8-10-17(2)11-9-12/h4,6H,3,5,7-11H2,1-2H3/b6-4+. The van der Waals surface area contributed by atoms with Gasteiger partial charge < -0.3 is 4.90 Å². The zero-order valence-electron chi connectivity index (χ0n) is 10.7. The first-order valence-electron chi connectivity index (χ1n) is 6.30. The zero-order valence-corrected chi connectivity index (χ0v) is 10.7. The highest BCUT2D eigenvalue weighted by molar-refractivity contribution is 5.02. The minimum absolute atomic E-state index is 0.00646. The summed E-state index contributed by atoms with van der Waals surface area (Å²) in [6.07, 6.45) is 2.26. The van der Waals surface area contributed by atoms with Crippen molar-refractivity contribution < 1.29 is 13.2 Å². The average Bonchev–Trinajstić information content (AvgIpc) is 2.21. The van der Waals surface area contributed by atoms with E-state index in [9.17, 15) is 13.2 Å². The van der Waals surface area contributed by atoms with E-state index >= 15 is 0 Å². The molecule has 0 aromatic heterocycles. The highest BCUT2D eigenvalue weighted by Gasteiger charge is 2.31. The summed E-state index contributed by atoms with van der Waals surface area (Å²) in [5.41, 5.74) is 0.00646. The van der Waals surface area contributed by atoms with Gasteiger partial charge in [-0.15, -0.1) is 0 Å². The van der Waals surface area contributed by atoms with Crippen LogP contribution in [0.4, 0.5) is 13.2 Å². The van der Waals surface area contributed by atoms with Gasteiger partial charge in [0.25, 0.3) is 0 Å². The molecule has 0 atom stereocenters. The molecule has 0 saturated carbocycles. The highest BCUT2D eigenvalue weighted by Crippen LogP contribution is 2.37. The summed E-state index contributed by atoms with van der Waals surface area (Å²) in [5.74, 6) is 0. The molecule has 0 radical (unpaired) electrons. The number of alkyl halides is 3. The molecule has 1 nitrogen and oxygen atoms in total. The Kier molecular flexibility index (Phi) is 5.04. The number of halogens is 3. The quantitative estimate of drug-likeness (QED) is 0.680. The predicted octanol–water partition coefficient (Wildman–Crippen LogP) is 4.01. The molecule has 0 aliphatic carbocycles. The van der Waals surface area contributed by atoms with Gasteiger partial charge >= 0.3 is 6.18 Å². The van der Waals surface area contributed by atoms with E-state index in [2.05, 4.69) is 18.9 Å². The largest absolute Gasteiger partial charge is 0.392 e. The number of piperidine rings is 1. The van der Waals surface area contributed by atoms with E-state index in [-0.39, 0.29) is 5.41 Å². The van der Waals surface area contributed by atoms with Gasteiger partial charge in [0.05, 0.1) is 6.42 Å². The van der Waals surface area contributed by atoms with E-state index in [4.69, 9.17) is 0 Å². The van der Waals surface area contributed by atoms with Crippen LogP contribution in [0, 0.1) is 5.41 Å². The van der Waals surface area contributed by atoms with Crippen molar-refractivity contribution in [3.05, 3.63) is 12.2 Å². The third kappa shape index (κ3) is 5.11. The van der Waals surface area contributed by atoms with Crippen molar-refractivity contribution in [3.8, 4) is 0 Å². The fourth-order valence-electron chi connectivity index (χ4n) is 2.50. The van der Waals surface area contributed by atoms with Gasteiger partial charge in [0.2, 0.25) is 0 Å². The number of rotatable bonds is 4. The van der Waals surface area contributed by atoms with Crippen LogP contribution >= 0.6 is 0 Å². The predicted molar refractivity (Wildman–Crippen MR) is 63.9 cm³/mol. The van der Waals surface area contributed by atoms with Crippen molar-refractivity contribution in [3.63, 3.8) is 0 Å². The first-order valence-corrected chi connectivity index (χ1v) is 6.30. The van der Waals surface area contributed by atoms with E-state index in [1.54, 1.807) is 0 Å². The lowest BCUT2D eigenvalue weighted by atomic mass is 9.74. The van der Waals surface area contributed by atoms with E-state index in [1.165, 1.54) is 6.08 Å². The molecule has 0 N–H and O–H groups in total. The number of likely N-dealkylation sites (tertiary alicyclic amines) is 1. The monoisotopic (exact) mass is 249 g/mol. The summed E-state index contributed by atoms with van der Waals surface area (Å²) in [6.45, 7) is 4.06. The first kappa shape index (κ1) is 14.6. The lowest BCUT2D eigenvalue weighted by molar-refractivity contribution is -0.125. The van der Waals surface area contributed by atoms with Crippen molar-refractivity contribution in [2.45, 2.75) is 45.2 Å². The Balaban J connectivity index is 2.59. The Morgan fingerprint density at radius 3 is 2.29 bits per heavy atom. The normalized spacial score (nSPS) is 22.2. The lowest BCUT2D eigenvalue weighted by Crippen LogP contribution is -2.36. The van der Waals surface area contributed by atoms with Gasteiger partial charge in [-0.3, -0.25) is 0 Å². The van der Waals surface area contributed by atoms with Crippen molar-refractivity contribution in [2.75, 3.05) is 20.1 Å². The minimum Gasteiger partial charge on any atom is -0.306 e. The molecule has 1 aliphatic rings. The SMILES string of the molecule is CCCC1(/C=C/CC(F)(F)F)CCN(C)CC1. The van der Waals surface area contributed by atoms with E-state index in [0.717, 1.165) is 38.8 Å². The van der Waals surface area contributed by atoms with Gasteiger partial charge in [-0.05, 0) is 44.8 Å². The van der Waals surface area contributed by atoms with Crippen LogP contribution in [-0.2, 0) is 0 Å². The number of hydrogen-bond acceptors (Lipinski definition) is 1. The highest BCUT2D eigenvalue weighted by atomic mass is 19.4. The summed E-state index contributed by atoms with van der Waals surface area (Å²) in [5, 5.41) is 0. The van der Waals surface area contributed by atoms with E-state index in [1.807, 2.05) is 6.08 Å². The first-order chi connectivity index (χ1) is 7.87. The van der Waals surface area contributed by atoms with Crippen molar-refractivity contribution in [1.82, 2.24) is 4.90 Å². The Labute approximate surface area is 102 Å². The molecule has 0 amide bonds. The van der Waals surface area contributed by atoms with Gasteiger partial charge in [-0.2, -0.15) is 13.2 Å². The maximum atomic E-state index is 12.1. The summed E-state index contributed by atoms with van der Waals surface area (Å²) < 4.78 is 36.4. The minimum atomic E-state index is -4.07. The third-order valence-corrected chi connectivity index (χ3v) is 3.55. The summed E-state index contributed by atoms with van der Waals surface area (Å²) >= 11 is 0. The maximum absolute atomic E-state index is 12.1. The summed E-state index contributed by atoms with van der Waals surface area (Å²) in [7, 11) is 2.06. The summed E-state index contributed by atoms with van der Waals surface area (Å²) in [6, 6.07) is 0. The van der Waals surface area contributed by atoms with Gasteiger partial charge in [0.15, 0.2) is 0 Å². The Hall–Kier alpha value is -0.510. The second kappa shape index (κ2) is 5.89. The number of allylic oxidation sites excluding steroid dienone is 2. The molecule has 0 unspecified atom stereocenters. The van der Waals surface area contributed by atoms with E-state index < -0.39 is 12.6 Å². The molecule has 1 aliphatic heterocycles. The van der Waals surface area contributed by atoms with Crippen LogP contribution in [0.3, 0.4) is 0 Å². The average molecular weight is 249 g/mol. The second-order valence-electron chi connectivity index (χ2n) is 5.14. The molecular formula is C13H22F3N. The molecule has 0 spiro atoms. The molecule has 4 heteroatoms. The topological polar surface area (TPSA) is 3.24 Å². The van der Waals surface area contributed by atoms with Crippen LogP contribution in [-0.4, -0.2) is 31.2 Å². The van der Waals surface area contributed by atoms with Crippen LogP contribution in [0.15, 0.2) is 12.2 Å². The van der Waals surface area contributed by atoms with Crippen LogP contribution in [0.1, 0.15) is 39.0 Å². The molecular weight excluding hydrogens is 227 g/mol. The Morgan fingerprint density at radius 2 is 1.82 bits per heavy atom. The maximum Gasteiger partial charge on any atom is 0.392 e. The molecule has 1 fully saturated rings. The summed E-state index contributed by atoms with van der Waals surface area (Å²) in [4.78, 5) is 2.24. The Bertz CT molecular complexity index is 250. The van der Waals surface area contributed by atoms with Crippen LogP contribution in [0.25, 0.3) is 0 Å². The molecule has 100 valence electrons. The van der Waals surface area contributed by atoms with Crippen molar-refractivity contribution in [2.24, 2.45) is 5.41 Å². The Morgan fingerprint density at radius 1 is 1.24 bits per heavy atom. The third-order valence-electron chi connectivity index (χ3n) is 3.55. The molecule has 0 bridgehead atoms. The van der Waals surface area contributed by atoms with Crippen LogP contribution < -0.4 is 0 Å². The molecule has 1 heterocycles. The molecule has 0 aromatic carbocycles. The smallest absolute Gasteiger partial charge is 0.306 e. The van der Waals surface area contributed by atoms with Crippen LogP contribution in [0.5, 0.6) is 0 Å². The van der Waals surface area contributed by atoms with Gasteiger partial charge in [-0.1, -0.05) is 25.5 Å². The molecule has 1 saturated heterocycles. The van der Waals surface area contributed by atoms with Gasteiger partial charge in [0.1, 0.15) is 0 Å². The second-order valence-corrected chi connectivity index (χ2v) is 5.14. The van der Waals surface area contributed by atoms with Gasteiger partial charge in [-0.25, -0.2) is 0 Å². The fraction of sp³-hybridized carbons (Fsp3) is 0.846. The zero-order chi connectivity index (χ0) is 12.9. The van der Waals surface area contributed by atoms with Crippen molar-refractivity contribution in [1.29, 1.82) is 0 Å². The fourth-order valence-corrected chi connectivity index (χ4v) is 2.50. The van der Waals surface area contributed by atoms with Crippen molar-refractivity contribution >= 4 is 0 Å². The molecule has 0 aromatic rings. The number of hydrogen-bond donors (Lipinski definition) is 0. The van der Waals surface area contributed by atoms with E-state index in [0.29, 0.717) is 0 Å². The number of nitrogens with zero attached hydrogens (tertiary/aromatic N) is 1. The van der Waals surface area contributed by atoms with Gasteiger partial charge in [0, 0.05) is 0 Å². The van der Waals surface area contributed by atoms with Crippen LogP contribution in [0.2, 0.25) is 0 Å². The molecule has 17 heavy (non-hydrogen) atoms. The molecule has 1 rings (SSSR count). The lowest BCUT2D eigenvalue weighted by Gasteiger charge is -2.38.